The molecule has 1 amide bonds. The Morgan fingerprint density at radius 2 is 1.73 bits per heavy atom. The maximum Gasteiger partial charge on any atom is 0.261 e. The van der Waals surface area contributed by atoms with Crippen molar-refractivity contribution in [2.75, 3.05) is 28.0 Å². The molecule has 0 atom stereocenters. The van der Waals surface area contributed by atoms with Gasteiger partial charge in [-0.25, -0.2) is 8.42 Å². The first-order valence-corrected chi connectivity index (χ1v) is 12.3. The zero-order chi connectivity index (χ0) is 23.4. The second-order valence-corrected chi connectivity index (χ2v) is 9.82. The van der Waals surface area contributed by atoms with Gasteiger partial charge in [-0.3, -0.25) is 14.3 Å². The molecule has 1 fully saturated rings. The van der Waals surface area contributed by atoms with E-state index in [1.54, 1.807) is 42.5 Å². The van der Waals surface area contributed by atoms with Crippen molar-refractivity contribution in [1.82, 2.24) is 4.57 Å². The molecule has 0 spiro atoms. The maximum atomic E-state index is 13.0. The minimum absolute atomic E-state index is 0.00701. The first-order chi connectivity index (χ1) is 15.8. The average molecular weight is 487 g/mol. The van der Waals surface area contributed by atoms with Crippen LogP contribution in [0.15, 0.2) is 76.6 Å². The standard InChI is InChI=1S/C23H23ClN4O4S/c24-17-6-8-18(9-7-17)26-33(31,32)19-10-11-21(27-12-3-4-13-27)20(15-19)25-22(29)16-28-14-2-1-5-23(28)30/h1-2,5-11,14-15,26H,3-4,12-13,16H2,(H,25,29). The highest BCUT2D eigenvalue weighted by molar-refractivity contribution is 7.92. The number of pyridine rings is 1. The van der Waals surface area contributed by atoms with E-state index in [9.17, 15) is 18.0 Å². The lowest BCUT2D eigenvalue weighted by Crippen LogP contribution is -2.28. The lowest BCUT2D eigenvalue weighted by molar-refractivity contribution is -0.116. The van der Waals surface area contributed by atoms with Crippen LogP contribution in [0, 0.1) is 0 Å². The van der Waals surface area contributed by atoms with E-state index in [1.807, 2.05) is 0 Å². The Hall–Kier alpha value is -3.30. The van der Waals surface area contributed by atoms with Gasteiger partial charge in [-0.2, -0.15) is 0 Å². The number of hydrogen-bond acceptors (Lipinski definition) is 5. The monoisotopic (exact) mass is 486 g/mol. The van der Waals surface area contributed by atoms with Gasteiger partial charge < -0.3 is 14.8 Å². The number of amides is 1. The van der Waals surface area contributed by atoms with Gasteiger partial charge in [0.05, 0.1) is 16.3 Å². The van der Waals surface area contributed by atoms with Crippen molar-refractivity contribution in [2.45, 2.75) is 24.3 Å². The quantitative estimate of drug-likeness (QED) is 0.532. The molecule has 172 valence electrons. The van der Waals surface area contributed by atoms with Crippen LogP contribution < -0.4 is 20.5 Å². The molecule has 8 nitrogen and oxygen atoms in total. The van der Waals surface area contributed by atoms with E-state index < -0.39 is 15.9 Å². The Morgan fingerprint density at radius 3 is 2.42 bits per heavy atom. The van der Waals surface area contributed by atoms with Crippen molar-refractivity contribution >= 4 is 44.6 Å². The first kappa shape index (κ1) is 22.9. The van der Waals surface area contributed by atoms with Gasteiger partial charge in [0.25, 0.3) is 15.6 Å². The molecule has 1 aliphatic heterocycles. The van der Waals surface area contributed by atoms with Gasteiger partial charge in [0.15, 0.2) is 0 Å². The van der Waals surface area contributed by atoms with Crippen molar-refractivity contribution < 1.29 is 13.2 Å². The predicted molar refractivity (Wildman–Crippen MR) is 129 cm³/mol. The van der Waals surface area contributed by atoms with Crippen LogP contribution in [-0.4, -0.2) is 32.0 Å². The van der Waals surface area contributed by atoms with E-state index >= 15 is 0 Å². The highest BCUT2D eigenvalue weighted by Crippen LogP contribution is 2.32. The Bertz CT molecular complexity index is 1320. The van der Waals surface area contributed by atoms with Crippen LogP contribution in [0.1, 0.15) is 12.8 Å². The number of hydrogen-bond donors (Lipinski definition) is 2. The van der Waals surface area contributed by atoms with Gasteiger partial charge in [0.1, 0.15) is 6.54 Å². The zero-order valence-corrected chi connectivity index (χ0v) is 19.3. The van der Waals surface area contributed by atoms with Crippen LogP contribution >= 0.6 is 11.6 Å². The summed E-state index contributed by atoms with van der Waals surface area (Å²) in [5.74, 6) is -0.427. The van der Waals surface area contributed by atoms with Crippen molar-refractivity contribution in [3.63, 3.8) is 0 Å². The van der Waals surface area contributed by atoms with Gasteiger partial charge in [-0.05, 0) is 61.4 Å². The summed E-state index contributed by atoms with van der Waals surface area (Å²) in [6.45, 7) is 1.45. The molecule has 10 heteroatoms. The molecule has 0 saturated carbocycles. The van der Waals surface area contributed by atoms with Crippen molar-refractivity contribution in [2.24, 2.45) is 0 Å². The fraction of sp³-hybridized carbons (Fsp3) is 0.217. The second kappa shape index (κ2) is 9.68. The number of nitrogens with zero attached hydrogens (tertiary/aromatic N) is 2. The SMILES string of the molecule is O=C(Cn1ccccc1=O)Nc1cc(S(=O)(=O)Nc2ccc(Cl)cc2)ccc1N1CCCC1. The van der Waals surface area contributed by atoms with E-state index in [4.69, 9.17) is 11.6 Å². The number of halogens is 1. The number of carbonyl (C=O) groups is 1. The third-order valence-corrected chi connectivity index (χ3v) is 6.94. The molecular weight excluding hydrogens is 464 g/mol. The van der Waals surface area contributed by atoms with E-state index in [0.29, 0.717) is 16.4 Å². The van der Waals surface area contributed by atoms with Crippen LogP contribution in [0.25, 0.3) is 0 Å². The Morgan fingerprint density at radius 1 is 1.00 bits per heavy atom. The van der Waals surface area contributed by atoms with Crippen LogP contribution in [0.4, 0.5) is 17.1 Å². The minimum atomic E-state index is -3.91. The Balaban J connectivity index is 1.62. The summed E-state index contributed by atoms with van der Waals surface area (Å²) in [6, 6.07) is 15.6. The summed E-state index contributed by atoms with van der Waals surface area (Å²) in [7, 11) is -3.91. The molecule has 2 aromatic carbocycles. The largest absolute Gasteiger partial charge is 0.370 e. The molecule has 0 aliphatic carbocycles. The topological polar surface area (TPSA) is 101 Å². The first-order valence-electron chi connectivity index (χ1n) is 10.4. The fourth-order valence-corrected chi connectivity index (χ4v) is 4.89. The molecule has 0 bridgehead atoms. The van der Waals surface area contributed by atoms with Gasteiger partial charge >= 0.3 is 0 Å². The predicted octanol–water partition coefficient (Wildman–Crippen LogP) is 3.54. The highest BCUT2D eigenvalue weighted by atomic mass is 35.5. The molecule has 0 radical (unpaired) electrons. The van der Waals surface area contributed by atoms with E-state index in [2.05, 4.69) is 14.9 Å². The van der Waals surface area contributed by atoms with Gasteiger partial charge in [-0.15, -0.1) is 0 Å². The van der Waals surface area contributed by atoms with Crippen molar-refractivity contribution in [1.29, 1.82) is 0 Å². The van der Waals surface area contributed by atoms with E-state index in [0.717, 1.165) is 31.6 Å². The summed E-state index contributed by atoms with van der Waals surface area (Å²) < 4.78 is 29.8. The summed E-state index contributed by atoms with van der Waals surface area (Å²) in [6.07, 6.45) is 3.57. The molecule has 2 N–H and O–H groups in total. The van der Waals surface area contributed by atoms with Crippen LogP contribution in [0.5, 0.6) is 0 Å². The number of anilines is 3. The minimum Gasteiger partial charge on any atom is -0.370 e. The number of nitrogens with one attached hydrogen (secondary N) is 2. The summed E-state index contributed by atoms with van der Waals surface area (Å²) in [5, 5.41) is 3.29. The molecular formula is C23H23ClN4O4S. The maximum absolute atomic E-state index is 13.0. The highest BCUT2D eigenvalue weighted by Gasteiger charge is 2.21. The third-order valence-electron chi connectivity index (χ3n) is 5.31. The normalized spacial score (nSPS) is 13.7. The third kappa shape index (κ3) is 5.55. The smallest absolute Gasteiger partial charge is 0.261 e. The number of sulfonamides is 1. The Kier molecular flexibility index (Phi) is 6.71. The van der Waals surface area contributed by atoms with Gasteiger partial charge in [0, 0.05) is 36.1 Å². The second-order valence-electron chi connectivity index (χ2n) is 7.70. The summed E-state index contributed by atoms with van der Waals surface area (Å²) >= 11 is 5.87. The molecule has 1 saturated heterocycles. The number of benzene rings is 2. The van der Waals surface area contributed by atoms with Crippen molar-refractivity contribution in [3.8, 4) is 0 Å². The van der Waals surface area contributed by atoms with Crippen LogP contribution in [0.3, 0.4) is 0 Å². The number of rotatable bonds is 7. The number of carbonyl (C=O) groups excluding carboxylic acids is 1. The number of aromatic nitrogens is 1. The molecule has 1 aromatic heterocycles. The molecule has 2 heterocycles. The van der Waals surface area contributed by atoms with E-state index in [-0.39, 0.29) is 17.0 Å². The fourth-order valence-electron chi connectivity index (χ4n) is 3.68. The van der Waals surface area contributed by atoms with Crippen LogP contribution in [-0.2, 0) is 21.4 Å². The van der Waals surface area contributed by atoms with E-state index in [1.165, 1.54) is 29.0 Å². The lowest BCUT2D eigenvalue weighted by atomic mass is 10.2. The van der Waals surface area contributed by atoms with Gasteiger partial charge in [0.2, 0.25) is 5.91 Å². The lowest BCUT2D eigenvalue weighted by Gasteiger charge is -2.22. The average Bonchev–Trinajstić information content (AvgIpc) is 3.31. The molecule has 33 heavy (non-hydrogen) atoms. The summed E-state index contributed by atoms with van der Waals surface area (Å²) in [4.78, 5) is 26.8. The molecule has 0 unspecified atom stereocenters. The molecule has 3 aromatic rings. The summed E-state index contributed by atoms with van der Waals surface area (Å²) in [5.41, 5.74) is 1.20. The van der Waals surface area contributed by atoms with Gasteiger partial charge in [-0.1, -0.05) is 17.7 Å². The Labute approximate surface area is 196 Å². The molecule has 1 aliphatic rings. The zero-order valence-electron chi connectivity index (χ0n) is 17.7. The van der Waals surface area contributed by atoms with Crippen molar-refractivity contribution in [3.05, 3.63) is 82.2 Å². The van der Waals surface area contributed by atoms with Crippen LogP contribution in [0.2, 0.25) is 5.02 Å². The molecule has 4 rings (SSSR count).